The van der Waals surface area contributed by atoms with Crippen molar-refractivity contribution in [1.82, 2.24) is 15.6 Å². The summed E-state index contributed by atoms with van der Waals surface area (Å²) in [5, 5.41) is 22.8. The summed E-state index contributed by atoms with van der Waals surface area (Å²) >= 11 is 0. The number of benzene rings is 1. The molecule has 2 rings (SSSR count). The van der Waals surface area contributed by atoms with E-state index in [0.717, 1.165) is 16.5 Å². The van der Waals surface area contributed by atoms with Crippen molar-refractivity contribution in [3.63, 3.8) is 0 Å². The fourth-order valence-electron chi connectivity index (χ4n) is 2.55. The van der Waals surface area contributed by atoms with Gasteiger partial charge in [-0.15, -0.1) is 0 Å². The van der Waals surface area contributed by atoms with E-state index in [0.29, 0.717) is 0 Å². The van der Waals surface area contributed by atoms with E-state index in [9.17, 15) is 19.2 Å². The van der Waals surface area contributed by atoms with Crippen molar-refractivity contribution in [3.8, 4) is 0 Å². The molecule has 1 aromatic carbocycles. The standard InChI is InChI=1S/C17H20N4O6/c18-11(5-9-7-19-12-4-2-1-3-10(9)12)16(25)20-8-14(22)21-13(17(26)27)6-15(23)24/h1-4,7,11,13,19H,5-6,8,18H2,(H,20,25)(H,21,22)(H,23,24)(H,26,27)/t11-,13-/m0/s1. The maximum Gasteiger partial charge on any atom is 0.326 e. The minimum absolute atomic E-state index is 0.244. The molecule has 10 nitrogen and oxygen atoms in total. The van der Waals surface area contributed by atoms with Crippen molar-refractivity contribution >= 4 is 34.7 Å². The molecule has 0 bridgehead atoms. The summed E-state index contributed by atoms with van der Waals surface area (Å²) in [7, 11) is 0. The fourth-order valence-corrected chi connectivity index (χ4v) is 2.55. The van der Waals surface area contributed by atoms with Crippen LogP contribution >= 0.6 is 0 Å². The number of aromatic amines is 1. The number of aromatic nitrogens is 1. The third kappa shape index (κ3) is 5.54. The molecule has 7 N–H and O–H groups in total. The highest BCUT2D eigenvalue weighted by atomic mass is 16.4. The number of nitrogens with one attached hydrogen (secondary N) is 3. The number of rotatable bonds is 9. The number of carboxylic acids is 2. The molecule has 1 aromatic heterocycles. The topological polar surface area (TPSA) is 175 Å². The Morgan fingerprint density at radius 1 is 1.15 bits per heavy atom. The van der Waals surface area contributed by atoms with Gasteiger partial charge in [0, 0.05) is 17.1 Å². The number of carboxylic acid groups (broad SMARTS) is 2. The van der Waals surface area contributed by atoms with Gasteiger partial charge in [0.05, 0.1) is 19.0 Å². The SMILES string of the molecule is N[C@@H](Cc1c[nH]c2ccccc12)C(=O)NCC(=O)N[C@@H](CC(=O)O)C(=O)O. The maximum atomic E-state index is 12.1. The third-order valence-corrected chi connectivity index (χ3v) is 3.89. The van der Waals surface area contributed by atoms with Gasteiger partial charge in [-0.1, -0.05) is 18.2 Å². The molecule has 1 heterocycles. The van der Waals surface area contributed by atoms with Crippen LogP contribution in [0.1, 0.15) is 12.0 Å². The molecule has 0 unspecified atom stereocenters. The molecule has 144 valence electrons. The Bertz CT molecular complexity index is 862. The Balaban J connectivity index is 1.86. The van der Waals surface area contributed by atoms with Gasteiger partial charge in [-0.25, -0.2) is 4.79 Å². The van der Waals surface area contributed by atoms with Gasteiger partial charge in [-0.3, -0.25) is 14.4 Å². The van der Waals surface area contributed by atoms with E-state index < -0.39 is 48.8 Å². The molecular formula is C17H20N4O6. The lowest BCUT2D eigenvalue weighted by Crippen LogP contribution is -2.49. The number of H-pyrrole nitrogens is 1. The molecule has 10 heteroatoms. The number of nitrogens with two attached hydrogens (primary N) is 1. The van der Waals surface area contributed by atoms with Crippen molar-refractivity contribution in [2.24, 2.45) is 5.73 Å². The number of para-hydroxylation sites is 1. The van der Waals surface area contributed by atoms with Crippen LogP contribution in [0.15, 0.2) is 30.5 Å². The van der Waals surface area contributed by atoms with E-state index in [1.54, 1.807) is 6.20 Å². The number of hydrogen-bond donors (Lipinski definition) is 6. The predicted octanol–water partition coefficient (Wildman–Crippen LogP) is -0.802. The van der Waals surface area contributed by atoms with Crippen LogP contribution in [0, 0.1) is 0 Å². The van der Waals surface area contributed by atoms with Crippen LogP contribution in [0.3, 0.4) is 0 Å². The van der Waals surface area contributed by atoms with E-state index in [1.807, 2.05) is 29.6 Å². The van der Waals surface area contributed by atoms with Crippen molar-refractivity contribution in [2.45, 2.75) is 24.9 Å². The van der Waals surface area contributed by atoms with E-state index >= 15 is 0 Å². The zero-order valence-electron chi connectivity index (χ0n) is 14.3. The molecule has 0 aliphatic carbocycles. The molecule has 0 spiro atoms. The summed E-state index contributed by atoms with van der Waals surface area (Å²) in [4.78, 5) is 48.4. The number of amides is 2. The van der Waals surface area contributed by atoms with Crippen LogP contribution in [0.4, 0.5) is 0 Å². The lowest BCUT2D eigenvalue weighted by atomic mass is 10.1. The molecule has 0 aliphatic rings. The van der Waals surface area contributed by atoms with Gasteiger partial charge >= 0.3 is 11.9 Å². The lowest BCUT2D eigenvalue weighted by Gasteiger charge is -2.14. The van der Waals surface area contributed by atoms with E-state index in [1.165, 1.54) is 0 Å². The molecule has 2 atom stereocenters. The highest BCUT2D eigenvalue weighted by Crippen LogP contribution is 2.18. The average Bonchev–Trinajstić information content (AvgIpc) is 3.01. The summed E-state index contributed by atoms with van der Waals surface area (Å²) < 4.78 is 0. The molecule has 2 amide bonds. The average molecular weight is 376 g/mol. The lowest BCUT2D eigenvalue weighted by molar-refractivity contribution is -0.147. The second kappa shape index (κ2) is 8.81. The molecule has 0 radical (unpaired) electrons. The van der Waals surface area contributed by atoms with E-state index in [4.69, 9.17) is 15.9 Å². The highest BCUT2D eigenvalue weighted by Gasteiger charge is 2.23. The highest BCUT2D eigenvalue weighted by molar-refractivity contribution is 5.91. The van der Waals surface area contributed by atoms with Crippen LogP contribution in [0.5, 0.6) is 0 Å². The first-order valence-corrected chi connectivity index (χ1v) is 8.10. The summed E-state index contributed by atoms with van der Waals surface area (Å²) in [6.07, 6.45) is 1.23. The van der Waals surface area contributed by atoms with Crippen LogP contribution in [-0.4, -0.2) is 57.6 Å². The minimum Gasteiger partial charge on any atom is -0.481 e. The summed E-state index contributed by atoms with van der Waals surface area (Å²) in [6.45, 7) is -0.510. The van der Waals surface area contributed by atoms with E-state index in [2.05, 4.69) is 10.3 Å². The Morgan fingerprint density at radius 3 is 2.52 bits per heavy atom. The van der Waals surface area contributed by atoms with Gasteiger partial charge in [-0.2, -0.15) is 0 Å². The van der Waals surface area contributed by atoms with Crippen LogP contribution < -0.4 is 16.4 Å². The van der Waals surface area contributed by atoms with Crippen LogP contribution in [0.2, 0.25) is 0 Å². The maximum absolute atomic E-state index is 12.1. The largest absolute Gasteiger partial charge is 0.481 e. The van der Waals surface area contributed by atoms with Gasteiger partial charge in [0.1, 0.15) is 6.04 Å². The quantitative estimate of drug-likeness (QED) is 0.332. The number of aliphatic carboxylic acids is 2. The Hall–Kier alpha value is -3.40. The zero-order chi connectivity index (χ0) is 20.0. The van der Waals surface area contributed by atoms with Gasteiger partial charge in [-0.05, 0) is 18.1 Å². The summed E-state index contributed by atoms with van der Waals surface area (Å²) in [6, 6.07) is 5.05. The molecule has 0 saturated carbocycles. The van der Waals surface area contributed by atoms with Crippen molar-refractivity contribution in [1.29, 1.82) is 0 Å². The third-order valence-electron chi connectivity index (χ3n) is 3.89. The molecule has 0 fully saturated rings. The van der Waals surface area contributed by atoms with Crippen molar-refractivity contribution < 1.29 is 29.4 Å². The number of carbonyl (C=O) groups excluding carboxylic acids is 2. The summed E-state index contributed by atoms with van der Waals surface area (Å²) in [5.41, 5.74) is 7.64. The zero-order valence-corrected chi connectivity index (χ0v) is 14.3. The minimum atomic E-state index is -1.58. The first-order chi connectivity index (χ1) is 12.8. The van der Waals surface area contributed by atoms with Gasteiger partial charge < -0.3 is 31.6 Å². The smallest absolute Gasteiger partial charge is 0.326 e. The van der Waals surface area contributed by atoms with Gasteiger partial charge in [0.15, 0.2) is 0 Å². The molecule has 0 aliphatic heterocycles. The normalized spacial score (nSPS) is 12.9. The van der Waals surface area contributed by atoms with Gasteiger partial charge in [0.25, 0.3) is 0 Å². The number of carbonyl (C=O) groups is 4. The second-order valence-electron chi connectivity index (χ2n) is 5.94. The van der Waals surface area contributed by atoms with Crippen LogP contribution in [-0.2, 0) is 25.6 Å². The fraction of sp³-hybridized carbons (Fsp3) is 0.294. The molecule has 0 saturated heterocycles. The van der Waals surface area contributed by atoms with Crippen molar-refractivity contribution in [3.05, 3.63) is 36.0 Å². The van der Waals surface area contributed by atoms with Crippen molar-refractivity contribution in [2.75, 3.05) is 6.54 Å². The molecule has 2 aromatic rings. The molecule has 27 heavy (non-hydrogen) atoms. The predicted molar refractivity (Wildman–Crippen MR) is 94.8 cm³/mol. The Kier molecular flexibility index (Phi) is 6.50. The first kappa shape index (κ1) is 19.9. The second-order valence-corrected chi connectivity index (χ2v) is 5.94. The van der Waals surface area contributed by atoms with Crippen LogP contribution in [0.25, 0.3) is 10.9 Å². The Morgan fingerprint density at radius 2 is 1.85 bits per heavy atom. The monoisotopic (exact) mass is 376 g/mol. The summed E-state index contributed by atoms with van der Waals surface area (Å²) in [5.74, 6) is -4.25. The first-order valence-electron chi connectivity index (χ1n) is 8.10. The Labute approximate surface area is 153 Å². The number of hydrogen-bond acceptors (Lipinski definition) is 5. The number of fused-ring (bicyclic) bond motifs is 1. The molecular weight excluding hydrogens is 356 g/mol. The van der Waals surface area contributed by atoms with Gasteiger partial charge in [0.2, 0.25) is 11.8 Å². The van der Waals surface area contributed by atoms with E-state index in [-0.39, 0.29) is 6.42 Å².